The van der Waals surface area contributed by atoms with Crippen LogP contribution >= 0.6 is 23.5 Å². The van der Waals surface area contributed by atoms with Gasteiger partial charge in [0.2, 0.25) is 23.6 Å². The van der Waals surface area contributed by atoms with Gasteiger partial charge in [-0.05, 0) is 96.5 Å². The summed E-state index contributed by atoms with van der Waals surface area (Å²) < 4.78 is 16.6. The monoisotopic (exact) mass is 1110 g/mol. The number of carbonyl (C=O) groups is 4. The summed E-state index contributed by atoms with van der Waals surface area (Å²) in [7, 11) is -0.0538. The number of nitrogens with zero attached hydrogens (tertiary/aromatic N) is 6. The fourth-order valence-electron chi connectivity index (χ4n) is 10.3. The van der Waals surface area contributed by atoms with Crippen molar-refractivity contribution < 1.29 is 28.7 Å². The third-order valence-corrected chi connectivity index (χ3v) is 18.5. The van der Waals surface area contributed by atoms with Gasteiger partial charge in [0, 0.05) is 39.3 Å². The van der Waals surface area contributed by atoms with Gasteiger partial charge in [0.1, 0.15) is 16.5 Å². The zero-order valence-corrected chi connectivity index (χ0v) is 46.8. The number of thioether (sulfide) groups is 2. The molecule has 6 aromatic carbocycles. The first-order chi connectivity index (χ1) is 38.6. The van der Waals surface area contributed by atoms with Gasteiger partial charge in [0.25, 0.3) is 11.1 Å². The minimum atomic E-state index is -0.751. The molecule has 2 aliphatic rings. The molecule has 4 heterocycles. The van der Waals surface area contributed by atoms with Crippen LogP contribution in [0.1, 0.15) is 61.2 Å². The van der Waals surface area contributed by atoms with Crippen molar-refractivity contribution in [1.29, 1.82) is 0 Å². The Morgan fingerprint density at radius 2 is 1.04 bits per heavy atom. The standard InChI is InChI=1S/C60H62N8O8S2Si/c1-3-65-55(71)45-35-41-21-11-13-23-43(41)37-47(45)63-59(65)77-51(39-17-7-5-8-18-39)57(73)67-29-15-25-49(67)53(69)61-27-31-75-33-34-76-32-28-62-54(70)50-26-16-30-68(79-50)58(74)52(40-19-9-6-10-20-40)78-60-64-48-38-44-24-14-12-22-42(44)36-46(48)56(72)66(60)4-2/h5-14,17-24,35-38,49-52H,3-4,15-16,25-34H2,1-2H3,(H,61,69)(H,62,70)/t49-,50+,51-,52-/m1/s1. The normalized spacial score (nSPS) is 16.4. The Balaban J connectivity index is 0.673. The summed E-state index contributed by atoms with van der Waals surface area (Å²) in [6.07, 6.45) is 2.53. The smallest absolute Gasteiger partial charge is 0.262 e. The van der Waals surface area contributed by atoms with Crippen LogP contribution in [0, 0.1) is 0 Å². The number of ether oxygens (including phenoxy) is 2. The van der Waals surface area contributed by atoms with E-state index in [2.05, 4.69) is 10.6 Å². The molecule has 2 aromatic heterocycles. The van der Waals surface area contributed by atoms with Crippen molar-refractivity contribution in [3.8, 4) is 0 Å². The lowest BCUT2D eigenvalue weighted by Gasteiger charge is -2.33. The number of likely N-dealkylation sites (tertiary alicyclic amines) is 1. The lowest BCUT2D eigenvalue weighted by atomic mass is 10.1. The van der Waals surface area contributed by atoms with Crippen molar-refractivity contribution >= 4 is 100 Å². The molecule has 0 aliphatic carbocycles. The Hall–Kier alpha value is -7.16. The SMILES string of the molecule is CCn1c(S[C@@H](C(=O)N2CCC[C@@H](C(=O)NCCOCCOCCNC(=O)[C@H]3CCCN3C(=O)[C@H](Sc3nc4cc5ccccc5cc4c(=O)n3CC)c3ccccc3)[Si]2)c2ccccc2)nc2cc3ccccc3cc2c1=O. The maximum absolute atomic E-state index is 14.6. The number of fused-ring (bicyclic) bond motifs is 4. The van der Waals surface area contributed by atoms with Crippen LogP contribution in [0.5, 0.6) is 0 Å². The summed E-state index contributed by atoms with van der Waals surface area (Å²) in [5.74, 6) is -0.729. The average Bonchev–Trinajstić information content (AvgIpc) is 4.04. The van der Waals surface area contributed by atoms with Gasteiger partial charge in [-0.1, -0.05) is 133 Å². The third kappa shape index (κ3) is 12.5. The highest BCUT2D eigenvalue weighted by atomic mass is 32.2. The molecule has 2 radical (unpaired) electrons. The Labute approximate surface area is 468 Å². The Morgan fingerprint density at radius 1 is 0.582 bits per heavy atom. The molecule has 0 spiro atoms. The molecule has 2 fully saturated rings. The zero-order valence-electron chi connectivity index (χ0n) is 44.2. The van der Waals surface area contributed by atoms with Gasteiger partial charge in [0.15, 0.2) is 20.0 Å². The van der Waals surface area contributed by atoms with Gasteiger partial charge < -0.3 is 29.6 Å². The van der Waals surface area contributed by atoms with E-state index in [9.17, 15) is 28.8 Å². The van der Waals surface area contributed by atoms with Crippen LogP contribution in [0.2, 0.25) is 5.54 Å². The number of aromatic nitrogens is 4. The molecule has 4 amide bonds. The van der Waals surface area contributed by atoms with Crippen molar-refractivity contribution in [3.05, 3.63) is 165 Å². The van der Waals surface area contributed by atoms with Crippen LogP contribution in [0.3, 0.4) is 0 Å². The first kappa shape index (κ1) is 55.2. The van der Waals surface area contributed by atoms with Crippen LogP contribution in [-0.2, 0) is 41.7 Å². The van der Waals surface area contributed by atoms with Gasteiger partial charge in [-0.2, -0.15) is 0 Å². The quantitative estimate of drug-likeness (QED) is 0.0232. The van der Waals surface area contributed by atoms with Crippen molar-refractivity contribution in [2.75, 3.05) is 52.6 Å². The first-order valence-electron chi connectivity index (χ1n) is 27.0. The molecule has 4 atom stereocenters. The Morgan fingerprint density at radius 3 is 1.54 bits per heavy atom. The van der Waals surface area contributed by atoms with Crippen molar-refractivity contribution in [3.63, 3.8) is 0 Å². The molecule has 0 unspecified atom stereocenters. The average molecular weight is 1120 g/mol. The molecule has 8 aromatic rings. The largest absolute Gasteiger partial charge is 0.377 e. The highest BCUT2D eigenvalue weighted by Crippen LogP contribution is 2.40. The van der Waals surface area contributed by atoms with Gasteiger partial charge in [0.05, 0.1) is 53.8 Å². The molecule has 10 rings (SSSR count). The van der Waals surface area contributed by atoms with E-state index in [1.165, 1.54) is 23.5 Å². The fraction of sp³-hybridized carbons (Fsp3) is 0.333. The Kier molecular flexibility index (Phi) is 18.0. The predicted octanol–water partition coefficient (Wildman–Crippen LogP) is 8.11. The molecule has 0 bridgehead atoms. The van der Waals surface area contributed by atoms with Crippen molar-refractivity contribution in [2.24, 2.45) is 0 Å². The van der Waals surface area contributed by atoms with Crippen molar-refractivity contribution in [1.82, 2.24) is 39.2 Å². The van der Waals surface area contributed by atoms with Crippen LogP contribution < -0.4 is 21.8 Å². The molecule has 16 nitrogen and oxygen atoms in total. The molecule has 2 saturated heterocycles. The van der Waals surface area contributed by atoms with Gasteiger partial charge in [-0.3, -0.25) is 37.9 Å². The van der Waals surface area contributed by atoms with Crippen molar-refractivity contribution in [2.45, 2.75) is 85.0 Å². The summed E-state index contributed by atoms with van der Waals surface area (Å²) in [5, 5.41) is 10.3. The molecular weight excluding hydrogens is 1050 g/mol. The van der Waals surface area contributed by atoms with E-state index in [4.69, 9.17) is 19.4 Å². The molecule has 19 heteroatoms. The molecule has 2 aliphatic heterocycles. The highest BCUT2D eigenvalue weighted by Gasteiger charge is 2.39. The molecule has 79 heavy (non-hydrogen) atoms. The number of hydrogen-bond donors (Lipinski definition) is 2. The van der Waals surface area contributed by atoms with E-state index in [0.29, 0.717) is 90.5 Å². The van der Waals surface area contributed by atoms with E-state index in [1.54, 1.807) is 18.6 Å². The zero-order chi connectivity index (χ0) is 54.8. The second-order valence-electron chi connectivity index (χ2n) is 19.4. The van der Waals surface area contributed by atoms with Crippen LogP contribution in [0.25, 0.3) is 43.4 Å². The van der Waals surface area contributed by atoms with Crippen LogP contribution in [0.4, 0.5) is 0 Å². The lowest BCUT2D eigenvalue weighted by molar-refractivity contribution is -0.138. The van der Waals surface area contributed by atoms with E-state index < -0.39 is 16.5 Å². The maximum Gasteiger partial charge on any atom is 0.262 e. The third-order valence-electron chi connectivity index (χ3n) is 14.4. The predicted molar refractivity (Wildman–Crippen MR) is 311 cm³/mol. The number of amides is 4. The summed E-state index contributed by atoms with van der Waals surface area (Å²) in [6, 6.07) is 41.6. The Bertz CT molecular complexity index is 3640. The fourth-order valence-corrected chi connectivity index (χ4v) is 14.3. The number of carbonyl (C=O) groups excluding carboxylic acids is 4. The van der Waals surface area contributed by atoms with Gasteiger partial charge in [-0.15, -0.1) is 0 Å². The second kappa shape index (κ2) is 25.7. The maximum atomic E-state index is 14.6. The summed E-state index contributed by atoms with van der Waals surface area (Å²) in [4.78, 5) is 95.6. The molecule has 2 N–H and O–H groups in total. The van der Waals surface area contributed by atoms with Gasteiger partial charge >= 0.3 is 0 Å². The molecule has 406 valence electrons. The van der Waals surface area contributed by atoms with E-state index in [-0.39, 0.29) is 82.9 Å². The van der Waals surface area contributed by atoms with Crippen LogP contribution in [-0.4, -0.2) is 121 Å². The number of nitrogens with one attached hydrogen (secondary N) is 2. The molecule has 0 saturated carbocycles. The second-order valence-corrected chi connectivity index (χ2v) is 23.1. The topological polar surface area (TPSA) is 187 Å². The summed E-state index contributed by atoms with van der Waals surface area (Å²) in [6.45, 7) is 7.09. The van der Waals surface area contributed by atoms with E-state index in [1.807, 2.05) is 147 Å². The van der Waals surface area contributed by atoms with Crippen LogP contribution in [0.15, 0.2) is 153 Å². The van der Waals surface area contributed by atoms with E-state index in [0.717, 1.165) is 32.7 Å². The highest BCUT2D eigenvalue weighted by molar-refractivity contribution is 8.00. The molecular formula is C60H62N8O8S2Si. The summed E-state index contributed by atoms with van der Waals surface area (Å²) in [5.41, 5.74) is 2.00. The number of rotatable bonds is 21. The summed E-state index contributed by atoms with van der Waals surface area (Å²) >= 11 is 2.51. The minimum Gasteiger partial charge on any atom is -0.377 e. The number of hydrogen-bond acceptors (Lipinski definition) is 12. The number of benzene rings is 6. The minimum absolute atomic E-state index is 0.0538. The van der Waals surface area contributed by atoms with Gasteiger partial charge in [-0.25, -0.2) is 9.97 Å². The van der Waals surface area contributed by atoms with E-state index >= 15 is 0 Å². The lowest BCUT2D eigenvalue weighted by Crippen LogP contribution is -2.47. The first-order valence-corrected chi connectivity index (χ1v) is 29.8.